The molecule has 0 spiro atoms. The van der Waals surface area contributed by atoms with E-state index in [1.807, 2.05) is 41.3 Å². The first kappa shape index (κ1) is 19.7. The Morgan fingerprint density at radius 1 is 0.900 bits per heavy atom. The largest absolute Gasteiger partial charge is 0.497 e. The van der Waals surface area contributed by atoms with E-state index in [1.54, 1.807) is 19.2 Å². The second kappa shape index (κ2) is 8.82. The molecule has 2 heterocycles. The van der Waals surface area contributed by atoms with Crippen LogP contribution in [0.25, 0.3) is 0 Å². The molecule has 1 fully saturated rings. The molecule has 7 nitrogen and oxygen atoms in total. The van der Waals surface area contributed by atoms with E-state index >= 15 is 0 Å². The van der Waals surface area contributed by atoms with Gasteiger partial charge in [0, 0.05) is 37.4 Å². The fourth-order valence-electron chi connectivity index (χ4n) is 3.40. The number of carbonyl (C=O) groups excluding carboxylic acids is 1. The van der Waals surface area contributed by atoms with Gasteiger partial charge in [-0.3, -0.25) is 4.79 Å². The van der Waals surface area contributed by atoms with Crippen molar-refractivity contribution in [3.63, 3.8) is 0 Å². The molecule has 1 aromatic heterocycles. The number of benzene rings is 2. The van der Waals surface area contributed by atoms with Crippen molar-refractivity contribution in [1.82, 2.24) is 15.1 Å². The van der Waals surface area contributed by atoms with Gasteiger partial charge in [-0.15, -0.1) is 10.2 Å². The summed E-state index contributed by atoms with van der Waals surface area (Å²) in [5.41, 5.74) is 2.87. The lowest BCUT2D eigenvalue weighted by atomic mass is 10.1. The number of anilines is 3. The lowest BCUT2D eigenvalue weighted by Crippen LogP contribution is -2.49. The summed E-state index contributed by atoms with van der Waals surface area (Å²) in [6, 6.07) is 19.3. The molecule has 1 amide bonds. The van der Waals surface area contributed by atoms with Crippen LogP contribution < -0.4 is 15.0 Å². The summed E-state index contributed by atoms with van der Waals surface area (Å²) < 4.78 is 5.15. The maximum absolute atomic E-state index is 12.7. The minimum absolute atomic E-state index is 0.0426. The summed E-state index contributed by atoms with van der Waals surface area (Å²) >= 11 is 0. The number of aryl methyl sites for hydroxylation is 1. The maximum Gasteiger partial charge on any atom is 0.253 e. The van der Waals surface area contributed by atoms with Crippen molar-refractivity contribution >= 4 is 23.2 Å². The highest BCUT2D eigenvalue weighted by Gasteiger charge is 2.23. The molecule has 7 heteroatoms. The van der Waals surface area contributed by atoms with E-state index in [1.165, 1.54) is 5.56 Å². The molecule has 1 N–H and O–H groups in total. The Hall–Kier alpha value is -3.61. The number of carbonyl (C=O) groups is 1. The molecule has 4 rings (SSSR count). The minimum atomic E-state index is 0.0426. The predicted octanol–water partition coefficient (Wildman–Crippen LogP) is 3.50. The number of nitrogens with zero attached hydrogens (tertiary/aromatic N) is 4. The highest BCUT2D eigenvalue weighted by Crippen LogP contribution is 2.19. The van der Waals surface area contributed by atoms with Gasteiger partial charge < -0.3 is 19.9 Å². The Labute approximate surface area is 176 Å². The van der Waals surface area contributed by atoms with Crippen molar-refractivity contribution in [2.24, 2.45) is 0 Å². The van der Waals surface area contributed by atoms with Gasteiger partial charge in [-0.05, 0) is 55.5 Å². The lowest BCUT2D eigenvalue weighted by molar-refractivity contribution is 0.0746. The zero-order valence-electron chi connectivity index (χ0n) is 17.2. The molecule has 30 heavy (non-hydrogen) atoms. The number of hydrogen-bond donors (Lipinski definition) is 1. The Morgan fingerprint density at radius 2 is 1.60 bits per heavy atom. The summed E-state index contributed by atoms with van der Waals surface area (Å²) in [5.74, 6) is 2.31. The van der Waals surface area contributed by atoms with E-state index in [9.17, 15) is 4.79 Å². The highest BCUT2D eigenvalue weighted by atomic mass is 16.5. The van der Waals surface area contributed by atoms with E-state index in [0.29, 0.717) is 24.5 Å². The number of methoxy groups -OCH3 is 1. The second-order valence-electron chi connectivity index (χ2n) is 7.28. The van der Waals surface area contributed by atoms with Gasteiger partial charge >= 0.3 is 0 Å². The molecular weight excluding hydrogens is 378 g/mol. The van der Waals surface area contributed by atoms with E-state index in [-0.39, 0.29) is 5.91 Å². The normalized spacial score (nSPS) is 13.8. The molecule has 3 aromatic rings. The monoisotopic (exact) mass is 403 g/mol. The molecule has 0 atom stereocenters. The molecule has 0 aliphatic carbocycles. The molecule has 0 radical (unpaired) electrons. The number of amides is 1. The number of nitrogens with one attached hydrogen (secondary N) is 1. The quantitative estimate of drug-likeness (QED) is 0.703. The third kappa shape index (κ3) is 4.51. The molecule has 0 saturated carbocycles. The molecule has 154 valence electrons. The SMILES string of the molecule is COc1ccc(C(=O)N2CCN(c3ccc(Nc4ccc(C)cc4)nn3)CC2)cc1. The standard InChI is InChI=1S/C23H25N5O2/c1-17-3-7-19(8-4-17)24-21-11-12-22(26-25-21)27-13-15-28(16-14-27)23(29)18-5-9-20(30-2)10-6-18/h3-12H,13-16H2,1-2H3,(H,24,25). The van der Waals surface area contributed by atoms with Crippen molar-refractivity contribution in [1.29, 1.82) is 0 Å². The van der Waals surface area contributed by atoms with E-state index in [2.05, 4.69) is 39.5 Å². The first-order valence-corrected chi connectivity index (χ1v) is 9.98. The van der Waals surface area contributed by atoms with Crippen LogP contribution in [0.2, 0.25) is 0 Å². The number of ether oxygens (including phenoxy) is 1. The first-order valence-electron chi connectivity index (χ1n) is 9.98. The Morgan fingerprint density at radius 3 is 2.20 bits per heavy atom. The van der Waals surface area contributed by atoms with Crippen molar-refractivity contribution in [3.05, 3.63) is 71.8 Å². The fraction of sp³-hybridized carbons (Fsp3) is 0.261. The molecule has 0 bridgehead atoms. The zero-order valence-corrected chi connectivity index (χ0v) is 17.2. The second-order valence-corrected chi connectivity index (χ2v) is 7.28. The maximum atomic E-state index is 12.7. The van der Waals surface area contributed by atoms with Crippen LogP contribution in [0, 0.1) is 6.92 Å². The van der Waals surface area contributed by atoms with Crippen molar-refractivity contribution < 1.29 is 9.53 Å². The van der Waals surface area contributed by atoms with Crippen LogP contribution in [0.3, 0.4) is 0 Å². The number of hydrogen-bond acceptors (Lipinski definition) is 6. The summed E-state index contributed by atoms with van der Waals surface area (Å²) in [5, 5.41) is 11.9. The van der Waals surface area contributed by atoms with Crippen molar-refractivity contribution in [2.75, 3.05) is 43.5 Å². The fourth-order valence-corrected chi connectivity index (χ4v) is 3.40. The predicted molar refractivity (Wildman–Crippen MR) is 118 cm³/mol. The molecule has 1 aliphatic rings. The van der Waals surface area contributed by atoms with Crippen LogP contribution in [0.15, 0.2) is 60.7 Å². The lowest BCUT2D eigenvalue weighted by Gasteiger charge is -2.35. The van der Waals surface area contributed by atoms with Gasteiger partial charge in [0.2, 0.25) is 0 Å². The summed E-state index contributed by atoms with van der Waals surface area (Å²) in [7, 11) is 1.62. The van der Waals surface area contributed by atoms with Gasteiger partial charge in [0.15, 0.2) is 11.6 Å². The minimum Gasteiger partial charge on any atom is -0.497 e. The third-order valence-corrected chi connectivity index (χ3v) is 5.20. The van der Waals surface area contributed by atoms with Crippen molar-refractivity contribution in [3.8, 4) is 5.75 Å². The topological polar surface area (TPSA) is 70.6 Å². The van der Waals surface area contributed by atoms with Gasteiger partial charge in [-0.1, -0.05) is 17.7 Å². The molecule has 0 unspecified atom stereocenters. The molecule has 2 aromatic carbocycles. The molecular formula is C23H25N5O2. The Bertz CT molecular complexity index is 980. The third-order valence-electron chi connectivity index (χ3n) is 5.20. The van der Waals surface area contributed by atoms with Crippen LogP contribution in [-0.4, -0.2) is 54.3 Å². The summed E-state index contributed by atoms with van der Waals surface area (Å²) in [6.07, 6.45) is 0. The van der Waals surface area contributed by atoms with E-state index in [4.69, 9.17) is 4.74 Å². The Kier molecular flexibility index (Phi) is 5.79. The van der Waals surface area contributed by atoms with Crippen molar-refractivity contribution in [2.45, 2.75) is 6.92 Å². The van der Waals surface area contributed by atoms with Gasteiger partial charge in [-0.2, -0.15) is 0 Å². The molecule has 1 aliphatic heterocycles. The Balaban J connectivity index is 1.33. The first-order chi connectivity index (χ1) is 14.6. The average Bonchev–Trinajstić information content (AvgIpc) is 2.81. The van der Waals surface area contributed by atoms with Crippen LogP contribution in [-0.2, 0) is 0 Å². The smallest absolute Gasteiger partial charge is 0.253 e. The number of aromatic nitrogens is 2. The van der Waals surface area contributed by atoms with Crippen LogP contribution in [0.5, 0.6) is 5.75 Å². The van der Waals surface area contributed by atoms with Gasteiger partial charge in [0.1, 0.15) is 5.75 Å². The van der Waals surface area contributed by atoms with Gasteiger partial charge in [0.05, 0.1) is 7.11 Å². The molecule has 1 saturated heterocycles. The van der Waals surface area contributed by atoms with Gasteiger partial charge in [0.25, 0.3) is 5.91 Å². The van der Waals surface area contributed by atoms with Gasteiger partial charge in [-0.25, -0.2) is 0 Å². The average molecular weight is 403 g/mol. The zero-order chi connectivity index (χ0) is 20.9. The summed E-state index contributed by atoms with van der Waals surface area (Å²) in [6.45, 7) is 4.80. The highest BCUT2D eigenvalue weighted by molar-refractivity contribution is 5.94. The van der Waals surface area contributed by atoms with Crippen LogP contribution >= 0.6 is 0 Å². The summed E-state index contributed by atoms with van der Waals surface area (Å²) in [4.78, 5) is 16.7. The van der Waals surface area contributed by atoms with Crippen LogP contribution in [0.4, 0.5) is 17.3 Å². The van der Waals surface area contributed by atoms with Crippen LogP contribution in [0.1, 0.15) is 15.9 Å². The number of piperazine rings is 1. The number of rotatable bonds is 5. The van der Waals surface area contributed by atoms with E-state index < -0.39 is 0 Å². The van der Waals surface area contributed by atoms with E-state index in [0.717, 1.165) is 30.3 Å².